The molecule has 0 aromatic heterocycles. The molecule has 4 unspecified atom stereocenters. The molecule has 60 heavy (non-hydrogen) atoms. The molecule has 0 amide bonds. The Kier molecular flexibility index (Phi) is 9.73. The van der Waals surface area contributed by atoms with E-state index in [2.05, 4.69) is 123 Å². The number of hydrogen-bond donors (Lipinski definition) is 0. The SMILES string of the molecule is C=CCOc1ccc(C23CC4CC(c5ccc(OCC=C)cc5)(C2)CC(C25CC6CC(c7ccc(OCC=C)cc7)(CC(c7ccc(OCC=C)cc7)(C6)C2)C5)(C4)C3)cc1. The third-order valence-corrected chi connectivity index (χ3v) is 16.6. The van der Waals surface area contributed by atoms with Crippen LogP contribution in [0.15, 0.2) is 148 Å². The molecule has 0 aliphatic heterocycles. The lowest BCUT2D eigenvalue weighted by molar-refractivity contribution is -0.224. The van der Waals surface area contributed by atoms with Gasteiger partial charge in [-0.25, -0.2) is 0 Å². The highest BCUT2D eigenvalue weighted by molar-refractivity contribution is 5.47. The van der Waals surface area contributed by atoms with Crippen LogP contribution in [0.5, 0.6) is 23.0 Å². The molecule has 8 fully saturated rings. The Balaban J connectivity index is 1.11. The number of rotatable bonds is 17. The summed E-state index contributed by atoms with van der Waals surface area (Å²) in [6.07, 6.45) is 22.6. The van der Waals surface area contributed by atoms with Gasteiger partial charge >= 0.3 is 0 Å². The molecule has 8 saturated carbocycles. The minimum Gasteiger partial charge on any atom is -0.490 e. The monoisotopic (exact) mass is 798 g/mol. The van der Waals surface area contributed by atoms with E-state index in [-0.39, 0.29) is 32.5 Å². The second-order valence-electron chi connectivity index (χ2n) is 20.2. The Bertz CT molecular complexity index is 1930. The zero-order chi connectivity index (χ0) is 41.1. The molecular weight excluding hydrogens is 737 g/mol. The van der Waals surface area contributed by atoms with Gasteiger partial charge in [0.2, 0.25) is 0 Å². The van der Waals surface area contributed by atoms with Gasteiger partial charge in [-0.3, -0.25) is 0 Å². The Morgan fingerprint density at radius 2 is 0.583 bits per heavy atom. The molecule has 8 aliphatic carbocycles. The molecule has 4 heteroatoms. The van der Waals surface area contributed by atoms with Crippen LogP contribution in [0, 0.1) is 22.7 Å². The van der Waals surface area contributed by atoms with Crippen molar-refractivity contribution in [2.24, 2.45) is 22.7 Å². The van der Waals surface area contributed by atoms with Crippen LogP contribution in [0.25, 0.3) is 0 Å². The molecule has 12 rings (SSSR count). The molecule has 0 N–H and O–H groups in total. The maximum Gasteiger partial charge on any atom is 0.119 e. The highest BCUT2D eigenvalue weighted by Crippen LogP contribution is 2.82. The first kappa shape index (κ1) is 39.2. The molecule has 8 bridgehead atoms. The van der Waals surface area contributed by atoms with Crippen molar-refractivity contribution in [2.45, 2.75) is 98.7 Å². The van der Waals surface area contributed by atoms with Crippen LogP contribution in [0.3, 0.4) is 0 Å². The highest BCUT2D eigenvalue weighted by atomic mass is 16.5. The standard InChI is InChI=1S/C56H62O4/c1-5-25-57-47-17-9-43(10-18-47)51-29-41-30-52(35-51,44-11-19-48(20-12-44)58-26-6-2)38-55(33-41,37-51)56-34-42-31-53(39-56,45-13-21-49(22-14-45)59-27-7-3)36-54(32-42,40-56)46-15-23-50(24-16-46)60-28-8-4/h5-24,41-42H,1-4,25-40H2. The van der Waals surface area contributed by atoms with Gasteiger partial charge in [-0.15, -0.1) is 0 Å². The van der Waals surface area contributed by atoms with Crippen LogP contribution in [0.2, 0.25) is 0 Å². The van der Waals surface area contributed by atoms with Crippen LogP contribution < -0.4 is 18.9 Å². The second-order valence-corrected chi connectivity index (χ2v) is 20.2. The first-order chi connectivity index (χ1) is 29.2. The van der Waals surface area contributed by atoms with E-state index in [1.807, 2.05) is 24.3 Å². The Morgan fingerprint density at radius 3 is 0.800 bits per heavy atom. The summed E-state index contributed by atoms with van der Waals surface area (Å²) >= 11 is 0. The number of benzene rings is 4. The van der Waals surface area contributed by atoms with Crippen LogP contribution in [-0.2, 0) is 21.7 Å². The van der Waals surface area contributed by atoms with E-state index < -0.39 is 0 Å². The van der Waals surface area contributed by atoms with Gasteiger partial charge in [0.05, 0.1) is 0 Å². The fraction of sp³-hybridized carbons (Fsp3) is 0.429. The van der Waals surface area contributed by atoms with Gasteiger partial charge in [-0.2, -0.15) is 0 Å². The van der Waals surface area contributed by atoms with Gasteiger partial charge in [0, 0.05) is 0 Å². The summed E-state index contributed by atoms with van der Waals surface area (Å²) < 4.78 is 24.2. The van der Waals surface area contributed by atoms with E-state index in [9.17, 15) is 0 Å². The van der Waals surface area contributed by atoms with Crippen molar-refractivity contribution < 1.29 is 18.9 Å². The van der Waals surface area contributed by atoms with Crippen molar-refractivity contribution in [2.75, 3.05) is 26.4 Å². The predicted octanol–water partition coefficient (Wildman–Crippen LogP) is 13.0. The Labute approximate surface area is 358 Å². The summed E-state index contributed by atoms with van der Waals surface area (Å²) in [5.41, 5.74) is 6.87. The molecule has 0 saturated heterocycles. The first-order valence-corrected chi connectivity index (χ1v) is 22.6. The number of hydrogen-bond acceptors (Lipinski definition) is 4. The normalized spacial score (nSPS) is 34.1. The van der Waals surface area contributed by atoms with E-state index >= 15 is 0 Å². The largest absolute Gasteiger partial charge is 0.490 e. The molecule has 8 aliphatic rings. The van der Waals surface area contributed by atoms with Crippen LogP contribution in [0.4, 0.5) is 0 Å². The van der Waals surface area contributed by atoms with Crippen molar-refractivity contribution in [1.29, 1.82) is 0 Å². The molecule has 4 aromatic carbocycles. The fourth-order valence-electron chi connectivity index (χ4n) is 15.6. The molecule has 310 valence electrons. The quantitative estimate of drug-likeness (QED) is 0.0997. The first-order valence-electron chi connectivity index (χ1n) is 22.6. The van der Waals surface area contributed by atoms with Crippen molar-refractivity contribution >= 4 is 0 Å². The summed E-state index contributed by atoms with van der Waals surface area (Å²) in [6, 6.07) is 37.2. The van der Waals surface area contributed by atoms with Crippen molar-refractivity contribution in [3.63, 3.8) is 0 Å². The lowest BCUT2D eigenvalue weighted by Crippen LogP contribution is -2.70. The minimum absolute atomic E-state index is 0.104. The highest BCUT2D eigenvalue weighted by Gasteiger charge is 2.74. The predicted molar refractivity (Wildman–Crippen MR) is 242 cm³/mol. The molecular formula is C56H62O4. The van der Waals surface area contributed by atoms with Gasteiger partial charge in [-0.05, 0) is 192 Å². The summed E-state index contributed by atoms with van der Waals surface area (Å²) in [4.78, 5) is 0. The molecule has 0 spiro atoms. The average Bonchev–Trinajstić information content (AvgIpc) is 3.26. The smallest absolute Gasteiger partial charge is 0.119 e. The van der Waals surface area contributed by atoms with E-state index in [1.165, 1.54) is 99.3 Å². The van der Waals surface area contributed by atoms with Gasteiger partial charge in [0.25, 0.3) is 0 Å². The minimum atomic E-state index is 0.104. The maximum atomic E-state index is 6.04. The van der Waals surface area contributed by atoms with Crippen molar-refractivity contribution in [3.05, 3.63) is 170 Å². The van der Waals surface area contributed by atoms with Crippen molar-refractivity contribution in [1.82, 2.24) is 0 Å². The van der Waals surface area contributed by atoms with Crippen molar-refractivity contribution in [3.8, 4) is 23.0 Å². The molecule has 0 radical (unpaired) electrons. The molecule has 4 nitrogen and oxygen atoms in total. The lowest BCUT2D eigenvalue weighted by Gasteiger charge is -2.77. The topological polar surface area (TPSA) is 36.9 Å². The third kappa shape index (κ3) is 6.38. The summed E-state index contributed by atoms with van der Waals surface area (Å²) in [5.74, 6) is 5.06. The zero-order valence-corrected chi connectivity index (χ0v) is 35.5. The molecule has 0 heterocycles. The summed E-state index contributed by atoms with van der Waals surface area (Å²) in [7, 11) is 0. The second kappa shape index (κ2) is 14.9. The fourth-order valence-corrected chi connectivity index (χ4v) is 15.6. The summed E-state index contributed by atoms with van der Waals surface area (Å²) in [5, 5.41) is 0. The van der Waals surface area contributed by atoms with E-state index in [1.54, 1.807) is 0 Å². The van der Waals surface area contributed by atoms with Crippen LogP contribution >= 0.6 is 0 Å². The Hall–Kier alpha value is -4.96. The van der Waals surface area contributed by atoms with Crippen LogP contribution in [-0.4, -0.2) is 26.4 Å². The van der Waals surface area contributed by atoms with E-state index in [4.69, 9.17) is 18.9 Å². The third-order valence-electron chi connectivity index (χ3n) is 16.6. The Morgan fingerprint density at radius 1 is 0.350 bits per heavy atom. The molecule has 4 aromatic rings. The zero-order valence-electron chi connectivity index (χ0n) is 35.5. The average molecular weight is 799 g/mol. The van der Waals surface area contributed by atoms with Gasteiger partial charge in [0.1, 0.15) is 49.4 Å². The maximum absolute atomic E-state index is 6.04. The summed E-state index contributed by atoms with van der Waals surface area (Å²) in [6.45, 7) is 17.6. The lowest BCUT2D eigenvalue weighted by atomic mass is 9.26. The van der Waals surface area contributed by atoms with E-state index in [0.29, 0.717) is 38.3 Å². The van der Waals surface area contributed by atoms with Gasteiger partial charge in [-0.1, -0.05) is 99.2 Å². The number of ether oxygens (including phenoxy) is 4. The van der Waals surface area contributed by atoms with E-state index in [0.717, 1.165) is 23.0 Å². The van der Waals surface area contributed by atoms with Crippen LogP contribution in [0.1, 0.15) is 99.3 Å². The molecule has 4 atom stereocenters. The van der Waals surface area contributed by atoms with Gasteiger partial charge < -0.3 is 18.9 Å². The van der Waals surface area contributed by atoms with Gasteiger partial charge in [0.15, 0.2) is 0 Å².